The number of alkyl halides is 1. The molecule has 2 atom stereocenters. The molecule has 2 N–H and O–H groups in total. The van der Waals surface area contributed by atoms with Gasteiger partial charge >= 0.3 is 5.97 Å². The van der Waals surface area contributed by atoms with Crippen molar-refractivity contribution in [1.29, 1.82) is 0 Å². The SMILES string of the molecule is CC(=O)N[C@@H](C[C@H](F)CN=[N+]=[N-])C(=O)O. The first-order chi connectivity index (χ1) is 6.97. The molecular weight excluding hydrogens is 207 g/mol. The van der Waals surface area contributed by atoms with Crippen LogP contribution in [0.1, 0.15) is 13.3 Å². The summed E-state index contributed by atoms with van der Waals surface area (Å²) in [6.45, 7) is 0.691. The number of halogens is 1. The van der Waals surface area contributed by atoms with Gasteiger partial charge in [0.1, 0.15) is 12.2 Å². The summed E-state index contributed by atoms with van der Waals surface area (Å²) in [4.78, 5) is 23.5. The van der Waals surface area contributed by atoms with Gasteiger partial charge in [-0.2, -0.15) is 0 Å². The molecule has 84 valence electrons. The molecule has 1 amide bonds. The quantitative estimate of drug-likeness (QED) is 0.386. The van der Waals surface area contributed by atoms with Gasteiger partial charge in [-0.1, -0.05) is 5.11 Å². The van der Waals surface area contributed by atoms with Crippen LogP contribution in [0.3, 0.4) is 0 Å². The fourth-order valence-corrected chi connectivity index (χ4v) is 0.922. The maximum Gasteiger partial charge on any atom is 0.326 e. The normalized spacial score (nSPS) is 13.5. The number of carbonyl (C=O) groups is 2. The zero-order valence-corrected chi connectivity index (χ0v) is 8.05. The molecule has 7 nitrogen and oxygen atoms in total. The van der Waals surface area contributed by atoms with E-state index in [9.17, 15) is 14.0 Å². The largest absolute Gasteiger partial charge is 0.480 e. The van der Waals surface area contributed by atoms with Gasteiger partial charge < -0.3 is 10.4 Å². The zero-order valence-electron chi connectivity index (χ0n) is 8.05. The van der Waals surface area contributed by atoms with Crippen LogP contribution >= 0.6 is 0 Å². The van der Waals surface area contributed by atoms with Crippen LogP contribution in [0.4, 0.5) is 4.39 Å². The van der Waals surface area contributed by atoms with Crippen molar-refractivity contribution in [3.05, 3.63) is 10.4 Å². The van der Waals surface area contributed by atoms with Crippen LogP contribution < -0.4 is 5.32 Å². The lowest BCUT2D eigenvalue weighted by molar-refractivity contribution is -0.142. The molecule has 0 saturated heterocycles. The highest BCUT2D eigenvalue weighted by Crippen LogP contribution is 2.04. The molecule has 0 aromatic rings. The van der Waals surface area contributed by atoms with Crippen LogP contribution in [0, 0.1) is 0 Å². The third kappa shape index (κ3) is 6.28. The maximum atomic E-state index is 13.0. The Labute approximate surface area is 84.9 Å². The first-order valence-corrected chi connectivity index (χ1v) is 4.12. The van der Waals surface area contributed by atoms with E-state index >= 15 is 0 Å². The minimum absolute atomic E-state index is 0.423. The van der Waals surface area contributed by atoms with Crippen molar-refractivity contribution < 1.29 is 19.1 Å². The summed E-state index contributed by atoms with van der Waals surface area (Å²) in [5.74, 6) is -1.88. The van der Waals surface area contributed by atoms with Crippen molar-refractivity contribution in [2.45, 2.75) is 25.6 Å². The number of azide groups is 1. The average Bonchev–Trinajstić information content (AvgIpc) is 2.12. The minimum atomic E-state index is -1.59. The average molecular weight is 218 g/mol. The molecule has 15 heavy (non-hydrogen) atoms. The Hall–Kier alpha value is -1.82. The van der Waals surface area contributed by atoms with Gasteiger partial charge in [0.05, 0.1) is 6.54 Å². The van der Waals surface area contributed by atoms with Crippen LogP contribution in [0.2, 0.25) is 0 Å². The molecule has 0 fully saturated rings. The summed E-state index contributed by atoms with van der Waals surface area (Å²) >= 11 is 0. The van der Waals surface area contributed by atoms with Crippen molar-refractivity contribution in [2.75, 3.05) is 6.54 Å². The highest BCUT2D eigenvalue weighted by atomic mass is 19.1. The number of carboxylic acid groups (broad SMARTS) is 1. The summed E-state index contributed by atoms with van der Waals surface area (Å²) in [7, 11) is 0. The van der Waals surface area contributed by atoms with Crippen LogP contribution in [0.25, 0.3) is 10.4 Å². The summed E-state index contributed by atoms with van der Waals surface area (Å²) < 4.78 is 13.0. The lowest BCUT2D eigenvalue weighted by Crippen LogP contribution is -2.41. The number of hydrogen-bond acceptors (Lipinski definition) is 3. The first-order valence-electron chi connectivity index (χ1n) is 4.12. The number of nitrogens with zero attached hydrogens (tertiary/aromatic N) is 3. The molecule has 0 spiro atoms. The fraction of sp³-hybridized carbons (Fsp3) is 0.714. The van der Waals surface area contributed by atoms with E-state index in [2.05, 4.69) is 15.3 Å². The molecule has 0 aromatic carbocycles. The van der Waals surface area contributed by atoms with Gasteiger partial charge in [0, 0.05) is 18.3 Å². The zero-order chi connectivity index (χ0) is 11.8. The molecule has 0 aliphatic heterocycles. The Bertz CT molecular complexity index is 290. The number of aliphatic carboxylic acids is 1. The number of carbonyl (C=O) groups excluding carboxylic acids is 1. The molecule has 0 bridgehead atoms. The minimum Gasteiger partial charge on any atom is -0.480 e. The van der Waals surface area contributed by atoms with Gasteiger partial charge in [0.2, 0.25) is 5.91 Å². The molecule has 0 aliphatic rings. The Morgan fingerprint density at radius 1 is 1.67 bits per heavy atom. The number of rotatable bonds is 6. The van der Waals surface area contributed by atoms with Gasteiger partial charge in [-0.25, -0.2) is 9.18 Å². The second kappa shape index (κ2) is 6.61. The van der Waals surface area contributed by atoms with E-state index in [1.165, 1.54) is 0 Å². The standard InChI is InChI=1S/C7H11FN4O3/c1-4(13)11-6(7(14)15)2-5(8)3-10-12-9/h5-6H,2-3H2,1H3,(H,11,13)(H,14,15)/t5-,6-/m0/s1. The maximum absolute atomic E-state index is 13.0. The Balaban J connectivity index is 4.21. The number of amides is 1. The van der Waals surface area contributed by atoms with E-state index in [1.54, 1.807) is 0 Å². The predicted molar refractivity (Wildman–Crippen MR) is 48.8 cm³/mol. The summed E-state index contributed by atoms with van der Waals surface area (Å²) in [5.41, 5.74) is 7.91. The molecule has 0 heterocycles. The van der Waals surface area contributed by atoms with E-state index in [1.807, 2.05) is 0 Å². The fourth-order valence-electron chi connectivity index (χ4n) is 0.922. The Kier molecular flexibility index (Phi) is 5.81. The van der Waals surface area contributed by atoms with E-state index < -0.39 is 37.1 Å². The monoisotopic (exact) mass is 218 g/mol. The molecule has 8 heteroatoms. The molecule has 0 rings (SSSR count). The number of nitrogens with one attached hydrogen (secondary N) is 1. The van der Waals surface area contributed by atoms with Gasteiger partial charge in [0.15, 0.2) is 0 Å². The van der Waals surface area contributed by atoms with E-state index in [-0.39, 0.29) is 0 Å². The third-order valence-corrected chi connectivity index (χ3v) is 1.51. The molecule has 0 aliphatic carbocycles. The number of carboxylic acids is 1. The van der Waals surface area contributed by atoms with Crippen molar-refractivity contribution in [2.24, 2.45) is 5.11 Å². The van der Waals surface area contributed by atoms with Crippen LogP contribution in [-0.4, -0.2) is 35.7 Å². The second-order valence-corrected chi connectivity index (χ2v) is 2.84. The second-order valence-electron chi connectivity index (χ2n) is 2.84. The van der Waals surface area contributed by atoms with Gasteiger partial charge in [0.25, 0.3) is 0 Å². The van der Waals surface area contributed by atoms with E-state index in [4.69, 9.17) is 10.6 Å². The Morgan fingerprint density at radius 2 is 2.27 bits per heavy atom. The van der Waals surface area contributed by atoms with Crippen molar-refractivity contribution >= 4 is 11.9 Å². The van der Waals surface area contributed by atoms with Crippen molar-refractivity contribution in [3.63, 3.8) is 0 Å². The van der Waals surface area contributed by atoms with Crippen LogP contribution in [0.5, 0.6) is 0 Å². The third-order valence-electron chi connectivity index (χ3n) is 1.51. The summed E-state index contributed by atoms with van der Waals surface area (Å²) in [6, 6.07) is -1.30. The lowest BCUT2D eigenvalue weighted by atomic mass is 10.1. The first kappa shape index (κ1) is 13.2. The molecular formula is C7H11FN4O3. The van der Waals surface area contributed by atoms with E-state index in [0.29, 0.717) is 0 Å². The number of hydrogen-bond donors (Lipinski definition) is 2. The van der Waals surface area contributed by atoms with E-state index in [0.717, 1.165) is 6.92 Å². The topological polar surface area (TPSA) is 115 Å². The molecule has 0 saturated carbocycles. The molecule has 0 unspecified atom stereocenters. The summed E-state index contributed by atoms with van der Waals surface area (Å²) in [6.07, 6.45) is -2.01. The van der Waals surface area contributed by atoms with Crippen LogP contribution in [0.15, 0.2) is 5.11 Å². The molecule has 0 aromatic heterocycles. The van der Waals surface area contributed by atoms with Crippen molar-refractivity contribution in [1.82, 2.24) is 5.32 Å². The Morgan fingerprint density at radius 3 is 2.67 bits per heavy atom. The highest BCUT2D eigenvalue weighted by Gasteiger charge is 2.22. The van der Waals surface area contributed by atoms with Gasteiger partial charge in [-0.05, 0) is 5.53 Å². The summed E-state index contributed by atoms with van der Waals surface area (Å²) in [5, 5.41) is 13.6. The van der Waals surface area contributed by atoms with Gasteiger partial charge in [-0.3, -0.25) is 4.79 Å². The lowest BCUT2D eigenvalue weighted by Gasteiger charge is -2.14. The highest BCUT2D eigenvalue weighted by molar-refractivity contribution is 5.82. The molecule has 0 radical (unpaired) electrons. The smallest absolute Gasteiger partial charge is 0.326 e. The predicted octanol–water partition coefficient (Wildman–Crippen LogP) is 0.614. The van der Waals surface area contributed by atoms with Crippen molar-refractivity contribution in [3.8, 4) is 0 Å². The van der Waals surface area contributed by atoms with Gasteiger partial charge in [-0.15, -0.1) is 0 Å². The van der Waals surface area contributed by atoms with Crippen LogP contribution in [-0.2, 0) is 9.59 Å².